The zero-order valence-corrected chi connectivity index (χ0v) is 13.8. The van der Waals surface area contributed by atoms with E-state index in [1.54, 1.807) is 0 Å². The summed E-state index contributed by atoms with van der Waals surface area (Å²) in [5, 5.41) is 13.1. The minimum Gasteiger partial charge on any atom is -0.389 e. The summed E-state index contributed by atoms with van der Waals surface area (Å²) in [5.41, 5.74) is 0. The quantitative estimate of drug-likeness (QED) is 0.514. The molecule has 1 fully saturated rings. The maximum Gasteiger partial charge on any atom is 0.0897 e. The molecule has 0 radical (unpaired) electrons. The van der Waals surface area contributed by atoms with Crippen molar-refractivity contribution in [1.29, 1.82) is 0 Å². The first kappa shape index (κ1) is 18.9. The van der Waals surface area contributed by atoms with E-state index in [0.717, 1.165) is 32.6 Å². The summed E-state index contributed by atoms with van der Waals surface area (Å²) in [6, 6.07) is 0. The lowest BCUT2D eigenvalue weighted by Crippen LogP contribution is -2.37. The zero-order valence-electron chi connectivity index (χ0n) is 13.8. The molecule has 2 unspecified atom stereocenters. The van der Waals surface area contributed by atoms with Gasteiger partial charge in [-0.1, -0.05) is 39.0 Å². The van der Waals surface area contributed by atoms with Gasteiger partial charge >= 0.3 is 0 Å². The lowest BCUT2D eigenvalue weighted by Gasteiger charge is -2.23. The van der Waals surface area contributed by atoms with Gasteiger partial charge in [0, 0.05) is 26.3 Å². The van der Waals surface area contributed by atoms with Gasteiger partial charge in [0.2, 0.25) is 0 Å². The SMILES string of the molecule is CCCCCCCCOCC(O)CNCC1CCCCO1. The molecule has 1 heterocycles. The number of aliphatic hydroxyl groups excluding tert-OH is 1. The minimum absolute atomic E-state index is 0.329. The molecule has 2 N–H and O–H groups in total. The average molecular weight is 301 g/mol. The van der Waals surface area contributed by atoms with Gasteiger partial charge in [-0.05, 0) is 25.7 Å². The molecule has 1 rings (SSSR count). The normalized spacial score (nSPS) is 20.6. The summed E-state index contributed by atoms with van der Waals surface area (Å²) in [6.45, 7) is 5.77. The fourth-order valence-electron chi connectivity index (χ4n) is 2.64. The molecular weight excluding hydrogens is 266 g/mol. The van der Waals surface area contributed by atoms with E-state index in [-0.39, 0.29) is 0 Å². The van der Waals surface area contributed by atoms with Crippen LogP contribution in [0.15, 0.2) is 0 Å². The second-order valence-electron chi connectivity index (χ2n) is 6.14. The summed E-state index contributed by atoms with van der Waals surface area (Å²) in [4.78, 5) is 0. The molecule has 4 heteroatoms. The standard InChI is InChI=1S/C17H35NO3/c1-2-3-4-5-6-8-11-20-15-16(19)13-18-14-17-10-7-9-12-21-17/h16-19H,2-15H2,1H3. The Labute approximate surface area is 130 Å². The van der Waals surface area contributed by atoms with E-state index in [4.69, 9.17) is 9.47 Å². The summed E-state index contributed by atoms with van der Waals surface area (Å²) < 4.78 is 11.2. The molecule has 2 atom stereocenters. The van der Waals surface area contributed by atoms with Gasteiger partial charge in [-0.2, -0.15) is 0 Å². The van der Waals surface area contributed by atoms with E-state index in [1.807, 2.05) is 0 Å². The zero-order chi connectivity index (χ0) is 15.2. The number of nitrogens with one attached hydrogen (secondary N) is 1. The lowest BCUT2D eigenvalue weighted by molar-refractivity contribution is 0.00920. The summed E-state index contributed by atoms with van der Waals surface area (Å²) in [7, 11) is 0. The summed E-state index contributed by atoms with van der Waals surface area (Å²) >= 11 is 0. The molecule has 1 aliphatic rings. The van der Waals surface area contributed by atoms with Gasteiger partial charge in [-0.15, -0.1) is 0 Å². The number of unbranched alkanes of at least 4 members (excludes halogenated alkanes) is 5. The van der Waals surface area contributed by atoms with Crippen LogP contribution in [0.5, 0.6) is 0 Å². The predicted molar refractivity (Wildman–Crippen MR) is 86.7 cm³/mol. The average Bonchev–Trinajstić information content (AvgIpc) is 2.51. The topological polar surface area (TPSA) is 50.7 Å². The second kappa shape index (κ2) is 13.5. The molecule has 0 saturated carbocycles. The number of ether oxygens (including phenoxy) is 2. The number of hydrogen-bond acceptors (Lipinski definition) is 4. The van der Waals surface area contributed by atoms with Crippen LogP contribution in [0.3, 0.4) is 0 Å². The van der Waals surface area contributed by atoms with Gasteiger partial charge in [-0.25, -0.2) is 0 Å². The molecule has 0 bridgehead atoms. The molecule has 0 aromatic heterocycles. The number of hydrogen-bond donors (Lipinski definition) is 2. The smallest absolute Gasteiger partial charge is 0.0897 e. The van der Waals surface area contributed by atoms with Crippen molar-refractivity contribution >= 4 is 0 Å². The Morgan fingerprint density at radius 3 is 2.76 bits per heavy atom. The molecule has 0 spiro atoms. The molecule has 1 aliphatic heterocycles. The highest BCUT2D eigenvalue weighted by molar-refractivity contribution is 4.68. The second-order valence-corrected chi connectivity index (χ2v) is 6.14. The van der Waals surface area contributed by atoms with Crippen LogP contribution in [0, 0.1) is 0 Å². The molecule has 1 saturated heterocycles. The van der Waals surface area contributed by atoms with E-state index in [0.29, 0.717) is 19.3 Å². The Bertz CT molecular complexity index is 220. The lowest BCUT2D eigenvalue weighted by atomic mass is 10.1. The Kier molecular flexibility index (Phi) is 12.1. The molecular formula is C17H35NO3. The van der Waals surface area contributed by atoms with Crippen molar-refractivity contribution in [2.24, 2.45) is 0 Å². The van der Waals surface area contributed by atoms with Crippen molar-refractivity contribution < 1.29 is 14.6 Å². The fourth-order valence-corrected chi connectivity index (χ4v) is 2.64. The first-order chi connectivity index (χ1) is 10.3. The number of aliphatic hydroxyl groups is 1. The first-order valence-corrected chi connectivity index (χ1v) is 8.91. The summed E-state index contributed by atoms with van der Waals surface area (Å²) in [6.07, 6.45) is 11.1. The van der Waals surface area contributed by atoms with Gasteiger partial charge < -0.3 is 19.9 Å². The van der Waals surface area contributed by atoms with Crippen LogP contribution < -0.4 is 5.32 Å². The van der Waals surface area contributed by atoms with Gasteiger partial charge in [0.25, 0.3) is 0 Å². The van der Waals surface area contributed by atoms with Crippen LogP contribution in [0.1, 0.15) is 64.7 Å². The maximum absolute atomic E-state index is 9.82. The fraction of sp³-hybridized carbons (Fsp3) is 1.00. The third-order valence-electron chi connectivity index (χ3n) is 3.98. The van der Waals surface area contributed by atoms with Crippen LogP contribution in [0.2, 0.25) is 0 Å². The highest BCUT2D eigenvalue weighted by Gasteiger charge is 2.13. The largest absolute Gasteiger partial charge is 0.389 e. The van der Waals surface area contributed by atoms with E-state index in [9.17, 15) is 5.11 Å². The van der Waals surface area contributed by atoms with Gasteiger partial charge in [0.15, 0.2) is 0 Å². The first-order valence-electron chi connectivity index (χ1n) is 8.91. The Hall–Kier alpha value is -0.160. The van der Waals surface area contributed by atoms with Crippen molar-refractivity contribution in [2.45, 2.75) is 76.9 Å². The van der Waals surface area contributed by atoms with Crippen molar-refractivity contribution in [3.63, 3.8) is 0 Å². The van der Waals surface area contributed by atoms with Crippen molar-refractivity contribution in [2.75, 3.05) is 32.9 Å². The molecule has 4 nitrogen and oxygen atoms in total. The molecule has 0 aromatic rings. The van der Waals surface area contributed by atoms with Gasteiger partial charge in [0.1, 0.15) is 0 Å². The number of rotatable bonds is 13. The van der Waals surface area contributed by atoms with E-state index in [1.165, 1.54) is 44.9 Å². The minimum atomic E-state index is -0.409. The highest BCUT2D eigenvalue weighted by atomic mass is 16.5. The molecule has 0 amide bonds. The van der Waals surface area contributed by atoms with E-state index in [2.05, 4.69) is 12.2 Å². The van der Waals surface area contributed by atoms with Crippen LogP contribution in [0.4, 0.5) is 0 Å². The van der Waals surface area contributed by atoms with Crippen molar-refractivity contribution in [3.8, 4) is 0 Å². The predicted octanol–water partition coefficient (Wildman–Crippen LogP) is 2.88. The Balaban J connectivity index is 1.81. The van der Waals surface area contributed by atoms with Gasteiger partial charge in [-0.3, -0.25) is 0 Å². The van der Waals surface area contributed by atoms with Crippen LogP contribution in [-0.4, -0.2) is 50.2 Å². The van der Waals surface area contributed by atoms with Crippen LogP contribution >= 0.6 is 0 Å². The molecule has 126 valence electrons. The van der Waals surface area contributed by atoms with Crippen molar-refractivity contribution in [1.82, 2.24) is 5.32 Å². The van der Waals surface area contributed by atoms with Crippen LogP contribution in [0.25, 0.3) is 0 Å². The van der Waals surface area contributed by atoms with Gasteiger partial charge in [0.05, 0.1) is 18.8 Å². The van der Waals surface area contributed by atoms with E-state index < -0.39 is 6.10 Å². The maximum atomic E-state index is 9.82. The van der Waals surface area contributed by atoms with Crippen LogP contribution in [-0.2, 0) is 9.47 Å². The van der Waals surface area contributed by atoms with E-state index >= 15 is 0 Å². The summed E-state index contributed by atoms with van der Waals surface area (Å²) in [5.74, 6) is 0. The Morgan fingerprint density at radius 1 is 1.19 bits per heavy atom. The third kappa shape index (κ3) is 11.1. The van der Waals surface area contributed by atoms with Crippen molar-refractivity contribution in [3.05, 3.63) is 0 Å². The molecule has 0 aromatic carbocycles. The monoisotopic (exact) mass is 301 g/mol. The Morgan fingerprint density at radius 2 is 2.00 bits per heavy atom. The third-order valence-corrected chi connectivity index (χ3v) is 3.98. The highest BCUT2D eigenvalue weighted by Crippen LogP contribution is 2.11. The molecule has 0 aliphatic carbocycles. The molecule has 21 heavy (non-hydrogen) atoms.